The highest BCUT2D eigenvalue weighted by Crippen LogP contribution is 2.22. The van der Waals surface area contributed by atoms with Crippen LogP contribution in [-0.4, -0.2) is 34.5 Å². The minimum Gasteiger partial charge on any atom is -0.394 e. The largest absolute Gasteiger partial charge is 0.394 e. The molecule has 1 unspecified atom stereocenters. The van der Waals surface area contributed by atoms with Crippen LogP contribution in [0.15, 0.2) is 24.3 Å². The van der Waals surface area contributed by atoms with E-state index in [0.29, 0.717) is 12.0 Å². The van der Waals surface area contributed by atoms with E-state index >= 15 is 0 Å². The summed E-state index contributed by atoms with van der Waals surface area (Å²) in [5.41, 5.74) is 1.34. The molecule has 1 N–H and O–H groups in total. The summed E-state index contributed by atoms with van der Waals surface area (Å²) >= 11 is 0. The fourth-order valence-corrected chi connectivity index (χ4v) is 2.14. The number of fused-ring (bicyclic) bond motifs is 1. The molecule has 2 amide bonds. The van der Waals surface area contributed by atoms with Crippen molar-refractivity contribution < 1.29 is 14.7 Å². The van der Waals surface area contributed by atoms with Crippen LogP contribution < -0.4 is 0 Å². The quantitative estimate of drug-likeness (QED) is 0.792. The second-order valence-electron chi connectivity index (χ2n) is 4.15. The normalized spacial score (nSPS) is 16.9. The molecule has 1 aromatic rings. The van der Waals surface area contributed by atoms with E-state index < -0.39 is 6.04 Å². The van der Waals surface area contributed by atoms with Gasteiger partial charge in [-0.1, -0.05) is 25.1 Å². The van der Waals surface area contributed by atoms with Crippen LogP contribution in [-0.2, 0) is 11.2 Å². The number of hydrogen-bond acceptors (Lipinski definition) is 3. The number of hydrogen-bond donors (Lipinski definition) is 1. The number of rotatable bonds is 3. The van der Waals surface area contributed by atoms with Gasteiger partial charge in [-0.2, -0.15) is 0 Å². The smallest absolute Gasteiger partial charge is 0.261 e. The van der Waals surface area contributed by atoms with Gasteiger partial charge < -0.3 is 5.11 Å². The molecular formula is C13H15NO3. The van der Waals surface area contributed by atoms with Gasteiger partial charge in [0, 0.05) is 5.56 Å². The third-order valence-electron chi connectivity index (χ3n) is 3.12. The molecule has 1 heterocycles. The third kappa shape index (κ3) is 1.96. The average Bonchev–Trinajstić information content (AvgIpc) is 2.34. The average molecular weight is 233 g/mol. The first-order valence-corrected chi connectivity index (χ1v) is 5.74. The summed E-state index contributed by atoms with van der Waals surface area (Å²) in [5.74, 6) is -0.521. The van der Waals surface area contributed by atoms with Gasteiger partial charge in [0.25, 0.3) is 5.91 Å². The van der Waals surface area contributed by atoms with E-state index in [1.54, 1.807) is 18.2 Å². The van der Waals surface area contributed by atoms with Crippen molar-refractivity contribution in [2.75, 3.05) is 6.61 Å². The fourth-order valence-electron chi connectivity index (χ4n) is 2.14. The molecule has 1 aliphatic rings. The van der Waals surface area contributed by atoms with Crippen molar-refractivity contribution in [3.8, 4) is 0 Å². The zero-order valence-corrected chi connectivity index (χ0v) is 9.72. The van der Waals surface area contributed by atoms with E-state index in [-0.39, 0.29) is 24.8 Å². The Bertz CT molecular complexity index is 452. The van der Waals surface area contributed by atoms with E-state index in [4.69, 9.17) is 0 Å². The molecule has 0 aromatic heterocycles. The minimum atomic E-state index is -0.414. The van der Waals surface area contributed by atoms with Crippen LogP contribution in [0.1, 0.15) is 29.3 Å². The molecule has 1 atom stereocenters. The van der Waals surface area contributed by atoms with E-state index in [9.17, 15) is 14.7 Å². The van der Waals surface area contributed by atoms with Gasteiger partial charge in [-0.15, -0.1) is 0 Å². The molecular weight excluding hydrogens is 218 g/mol. The second kappa shape index (κ2) is 4.67. The Morgan fingerprint density at radius 1 is 1.35 bits per heavy atom. The summed E-state index contributed by atoms with van der Waals surface area (Å²) in [6.07, 6.45) is 0.800. The number of carbonyl (C=O) groups excluding carboxylic acids is 2. The Labute approximate surface area is 99.9 Å². The summed E-state index contributed by atoms with van der Waals surface area (Å²) in [5, 5.41) is 9.22. The van der Waals surface area contributed by atoms with Gasteiger partial charge in [-0.3, -0.25) is 14.5 Å². The highest BCUT2D eigenvalue weighted by Gasteiger charge is 2.34. The Kier molecular flexibility index (Phi) is 3.24. The number of benzene rings is 1. The van der Waals surface area contributed by atoms with Gasteiger partial charge in [0.05, 0.1) is 19.1 Å². The van der Waals surface area contributed by atoms with Crippen LogP contribution >= 0.6 is 0 Å². The lowest BCUT2D eigenvalue weighted by Gasteiger charge is -2.32. The zero-order valence-electron chi connectivity index (χ0n) is 9.72. The molecule has 4 heteroatoms. The van der Waals surface area contributed by atoms with Gasteiger partial charge in [-0.25, -0.2) is 0 Å². The number of carbonyl (C=O) groups is 2. The van der Waals surface area contributed by atoms with E-state index in [1.807, 2.05) is 13.0 Å². The molecule has 2 rings (SSSR count). The van der Waals surface area contributed by atoms with Gasteiger partial charge in [0.15, 0.2) is 0 Å². The van der Waals surface area contributed by atoms with Crippen LogP contribution in [0.25, 0.3) is 0 Å². The maximum absolute atomic E-state index is 12.2. The molecule has 0 fully saturated rings. The van der Waals surface area contributed by atoms with Crippen LogP contribution in [0.2, 0.25) is 0 Å². The van der Waals surface area contributed by atoms with Crippen LogP contribution in [0, 0.1) is 0 Å². The molecule has 4 nitrogen and oxygen atoms in total. The minimum absolute atomic E-state index is 0.184. The molecule has 0 spiro atoms. The number of aliphatic hydroxyl groups excluding tert-OH is 1. The summed E-state index contributed by atoms with van der Waals surface area (Å²) in [7, 11) is 0. The maximum Gasteiger partial charge on any atom is 0.261 e. The molecule has 1 aliphatic heterocycles. The van der Waals surface area contributed by atoms with E-state index in [1.165, 1.54) is 4.90 Å². The topological polar surface area (TPSA) is 57.6 Å². The molecule has 90 valence electrons. The number of aliphatic hydroxyl groups is 1. The van der Waals surface area contributed by atoms with E-state index in [2.05, 4.69) is 0 Å². The molecule has 0 saturated carbocycles. The van der Waals surface area contributed by atoms with Crippen molar-refractivity contribution in [2.45, 2.75) is 25.8 Å². The predicted octanol–water partition coefficient (Wildman–Crippen LogP) is 0.982. The Morgan fingerprint density at radius 3 is 2.71 bits per heavy atom. The predicted molar refractivity (Wildman–Crippen MR) is 62.5 cm³/mol. The summed E-state index contributed by atoms with van der Waals surface area (Å²) < 4.78 is 0. The zero-order chi connectivity index (χ0) is 12.4. The first-order valence-electron chi connectivity index (χ1n) is 5.74. The summed E-state index contributed by atoms with van der Waals surface area (Å²) in [6, 6.07) is 6.70. The van der Waals surface area contributed by atoms with Gasteiger partial charge in [0.2, 0.25) is 5.91 Å². The van der Waals surface area contributed by atoms with Crippen molar-refractivity contribution in [3.63, 3.8) is 0 Å². The summed E-state index contributed by atoms with van der Waals surface area (Å²) in [6.45, 7) is 1.66. The number of nitrogens with zero attached hydrogens (tertiary/aromatic N) is 1. The van der Waals surface area contributed by atoms with Crippen molar-refractivity contribution >= 4 is 11.8 Å². The first kappa shape index (κ1) is 11.8. The molecule has 1 aromatic carbocycles. The lowest BCUT2D eigenvalue weighted by Crippen LogP contribution is -2.49. The fraction of sp³-hybridized carbons (Fsp3) is 0.385. The number of amides is 2. The Balaban J connectivity index is 2.39. The SMILES string of the molecule is CCC(CO)N1C(=O)Cc2ccccc2C1=O. The highest BCUT2D eigenvalue weighted by atomic mass is 16.3. The molecule has 0 radical (unpaired) electrons. The van der Waals surface area contributed by atoms with Crippen molar-refractivity contribution in [3.05, 3.63) is 35.4 Å². The van der Waals surface area contributed by atoms with Crippen LogP contribution in [0.5, 0.6) is 0 Å². The third-order valence-corrected chi connectivity index (χ3v) is 3.12. The standard InChI is InChI=1S/C13H15NO3/c1-2-10(8-15)14-12(16)7-9-5-3-4-6-11(9)13(14)17/h3-6,10,15H,2,7-8H2,1H3. The van der Waals surface area contributed by atoms with Crippen LogP contribution in [0.3, 0.4) is 0 Å². The summed E-state index contributed by atoms with van der Waals surface area (Å²) in [4.78, 5) is 25.3. The molecule has 0 bridgehead atoms. The molecule has 0 saturated heterocycles. The lowest BCUT2D eigenvalue weighted by atomic mass is 9.97. The van der Waals surface area contributed by atoms with Crippen molar-refractivity contribution in [2.24, 2.45) is 0 Å². The maximum atomic E-state index is 12.2. The Hall–Kier alpha value is -1.68. The van der Waals surface area contributed by atoms with Gasteiger partial charge in [-0.05, 0) is 18.1 Å². The molecule has 0 aliphatic carbocycles. The first-order chi connectivity index (χ1) is 8.19. The number of imide groups is 1. The van der Waals surface area contributed by atoms with Crippen molar-refractivity contribution in [1.29, 1.82) is 0 Å². The van der Waals surface area contributed by atoms with Crippen LogP contribution in [0.4, 0.5) is 0 Å². The van der Waals surface area contributed by atoms with Crippen molar-refractivity contribution in [1.82, 2.24) is 4.90 Å². The highest BCUT2D eigenvalue weighted by molar-refractivity contribution is 6.09. The van der Waals surface area contributed by atoms with E-state index in [0.717, 1.165) is 5.56 Å². The Morgan fingerprint density at radius 2 is 2.06 bits per heavy atom. The second-order valence-corrected chi connectivity index (χ2v) is 4.15. The lowest BCUT2D eigenvalue weighted by molar-refractivity contribution is -0.131. The monoisotopic (exact) mass is 233 g/mol. The molecule has 17 heavy (non-hydrogen) atoms. The van der Waals surface area contributed by atoms with Gasteiger partial charge in [0.1, 0.15) is 0 Å². The van der Waals surface area contributed by atoms with Gasteiger partial charge >= 0.3 is 0 Å².